The Morgan fingerprint density at radius 3 is 2.44 bits per heavy atom. The van der Waals surface area contributed by atoms with Crippen LogP contribution in [0, 0.1) is 18.2 Å². The summed E-state index contributed by atoms with van der Waals surface area (Å²) in [6, 6.07) is 13.2. The van der Waals surface area contributed by atoms with Crippen LogP contribution in [0.1, 0.15) is 47.2 Å². The molecule has 2 heterocycles. The molecule has 4 N–H and O–H groups in total. The van der Waals surface area contributed by atoms with Gasteiger partial charge in [0.25, 0.3) is 0 Å². The Balaban J connectivity index is 2.17. The fourth-order valence-corrected chi connectivity index (χ4v) is 4.15. The van der Waals surface area contributed by atoms with Gasteiger partial charge in [0.1, 0.15) is 11.5 Å². The number of fused-ring (bicyclic) bond motifs is 1. The quantitative estimate of drug-likeness (QED) is 0.285. The summed E-state index contributed by atoms with van der Waals surface area (Å²) >= 11 is 0. The van der Waals surface area contributed by atoms with Gasteiger partial charge in [-0.1, -0.05) is 19.9 Å². The molecular weight excluding hydrogens is 407 g/mol. The first-order valence-corrected chi connectivity index (χ1v) is 10.2. The lowest BCUT2D eigenvalue weighted by atomic mass is 9.95. The molecule has 7 heteroatoms. The van der Waals surface area contributed by atoms with E-state index >= 15 is 0 Å². The summed E-state index contributed by atoms with van der Waals surface area (Å²) in [5.74, 6) is -1.35. The van der Waals surface area contributed by atoms with E-state index in [1.807, 2.05) is 16.7 Å². The van der Waals surface area contributed by atoms with Gasteiger partial charge in [-0.15, -0.1) is 0 Å². The zero-order chi connectivity index (χ0) is 23.2. The molecule has 0 saturated heterocycles. The van der Waals surface area contributed by atoms with Crippen LogP contribution in [0.3, 0.4) is 0 Å². The van der Waals surface area contributed by atoms with Crippen molar-refractivity contribution in [3.8, 4) is 16.8 Å². The normalized spacial score (nSPS) is 11.3. The maximum atomic E-state index is 13.7. The highest BCUT2D eigenvalue weighted by molar-refractivity contribution is 6.05. The second-order valence-electron chi connectivity index (χ2n) is 8.00. The Bertz CT molecular complexity index is 1370. The first kappa shape index (κ1) is 21.2. The van der Waals surface area contributed by atoms with E-state index in [-0.39, 0.29) is 17.4 Å². The number of carbonyl (C=O) groups is 1. The lowest BCUT2D eigenvalue weighted by Gasteiger charge is -2.16. The van der Waals surface area contributed by atoms with Gasteiger partial charge < -0.3 is 20.8 Å². The number of benzene rings is 2. The zero-order valence-electron chi connectivity index (χ0n) is 18.0. The van der Waals surface area contributed by atoms with Crippen LogP contribution < -0.4 is 5.73 Å². The SMILES string of the molecule is Cc1nc(C(=O)O)ccc1-c1c(C(C)C)n(-c2ccc(F)cc2)c2cc(C=N)c(N)cc12. The summed E-state index contributed by atoms with van der Waals surface area (Å²) in [6.45, 7) is 5.91. The van der Waals surface area contributed by atoms with Crippen LogP contribution in [-0.2, 0) is 0 Å². The summed E-state index contributed by atoms with van der Waals surface area (Å²) in [5, 5.41) is 17.9. The molecule has 0 aliphatic carbocycles. The van der Waals surface area contributed by atoms with Crippen molar-refractivity contribution in [3.63, 3.8) is 0 Å². The standard InChI is InChI=1S/C25H23FN4O2/c1-13(2)24-23(18-8-9-21(25(31)32)29-14(18)3)19-11-20(28)15(12-27)10-22(19)30(24)17-6-4-16(26)5-7-17/h4-13,27H,28H2,1-3H3,(H,31,32). The Morgan fingerprint density at radius 2 is 1.88 bits per heavy atom. The van der Waals surface area contributed by atoms with Crippen molar-refractivity contribution < 1.29 is 14.3 Å². The van der Waals surface area contributed by atoms with E-state index in [1.165, 1.54) is 24.4 Å². The van der Waals surface area contributed by atoms with Gasteiger partial charge in [-0.2, -0.15) is 0 Å². The Labute approximate surface area is 184 Å². The monoisotopic (exact) mass is 430 g/mol. The second-order valence-corrected chi connectivity index (χ2v) is 8.00. The number of hydrogen-bond acceptors (Lipinski definition) is 4. The summed E-state index contributed by atoms with van der Waals surface area (Å²) in [4.78, 5) is 15.7. The number of aryl methyl sites for hydroxylation is 1. The summed E-state index contributed by atoms with van der Waals surface area (Å²) in [5.41, 5.74) is 12.1. The van der Waals surface area contributed by atoms with Crippen molar-refractivity contribution in [3.05, 3.63) is 77.0 Å². The molecule has 0 atom stereocenters. The molecule has 0 saturated carbocycles. The second kappa shape index (κ2) is 7.92. The predicted octanol–water partition coefficient (Wildman–Crippen LogP) is 5.54. The third-order valence-electron chi connectivity index (χ3n) is 5.57. The van der Waals surface area contributed by atoms with Crippen LogP contribution in [-0.4, -0.2) is 26.8 Å². The fraction of sp³-hybridized carbons (Fsp3) is 0.160. The minimum atomic E-state index is -1.09. The molecule has 0 unspecified atom stereocenters. The van der Waals surface area contributed by atoms with E-state index in [0.29, 0.717) is 16.9 Å². The van der Waals surface area contributed by atoms with Gasteiger partial charge in [-0.05, 0) is 55.3 Å². The lowest BCUT2D eigenvalue weighted by Crippen LogP contribution is -2.05. The van der Waals surface area contributed by atoms with Crippen LogP contribution in [0.4, 0.5) is 10.1 Å². The maximum Gasteiger partial charge on any atom is 0.354 e. The number of aromatic carboxylic acids is 1. The molecule has 4 aromatic rings. The summed E-state index contributed by atoms with van der Waals surface area (Å²) < 4.78 is 15.7. The van der Waals surface area contributed by atoms with Crippen LogP contribution in [0.2, 0.25) is 0 Å². The molecule has 2 aromatic heterocycles. The molecule has 0 radical (unpaired) electrons. The molecule has 32 heavy (non-hydrogen) atoms. The van der Waals surface area contributed by atoms with Crippen molar-refractivity contribution in [2.75, 3.05) is 5.73 Å². The van der Waals surface area contributed by atoms with Crippen LogP contribution >= 0.6 is 0 Å². The number of hydrogen-bond donors (Lipinski definition) is 3. The number of nitrogens with two attached hydrogens (primary N) is 1. The van der Waals surface area contributed by atoms with Crippen LogP contribution in [0.15, 0.2) is 48.5 Å². The van der Waals surface area contributed by atoms with Crippen molar-refractivity contribution in [2.45, 2.75) is 26.7 Å². The molecule has 2 aromatic carbocycles. The van der Waals surface area contributed by atoms with Crippen molar-refractivity contribution in [1.29, 1.82) is 5.41 Å². The molecule has 0 aliphatic rings. The largest absolute Gasteiger partial charge is 0.477 e. The number of pyridine rings is 1. The van der Waals surface area contributed by atoms with Crippen LogP contribution in [0.25, 0.3) is 27.7 Å². The topological polar surface area (TPSA) is 105 Å². The fourth-order valence-electron chi connectivity index (χ4n) is 4.15. The number of carboxylic acids is 1. The van der Waals surface area contributed by atoms with Gasteiger partial charge in [0.15, 0.2) is 0 Å². The zero-order valence-corrected chi connectivity index (χ0v) is 18.0. The predicted molar refractivity (Wildman–Crippen MR) is 125 cm³/mol. The third-order valence-corrected chi connectivity index (χ3v) is 5.57. The highest BCUT2D eigenvalue weighted by Gasteiger charge is 2.24. The first-order chi connectivity index (χ1) is 15.2. The van der Waals surface area contributed by atoms with Gasteiger partial charge in [-0.3, -0.25) is 0 Å². The minimum absolute atomic E-state index is 0.0229. The molecular formula is C25H23FN4O2. The number of halogens is 1. The van der Waals surface area contributed by atoms with Gasteiger partial charge in [0.2, 0.25) is 0 Å². The molecule has 0 fully saturated rings. The molecule has 0 bridgehead atoms. The first-order valence-electron chi connectivity index (χ1n) is 10.2. The van der Waals surface area contributed by atoms with Gasteiger partial charge in [-0.25, -0.2) is 14.2 Å². The molecule has 4 rings (SSSR count). The van der Waals surface area contributed by atoms with E-state index in [1.54, 1.807) is 25.1 Å². The van der Waals surface area contributed by atoms with Crippen molar-refractivity contribution in [2.24, 2.45) is 0 Å². The molecule has 6 nitrogen and oxygen atoms in total. The van der Waals surface area contributed by atoms with Gasteiger partial charge in [0.05, 0.1) is 5.52 Å². The molecule has 0 amide bonds. The van der Waals surface area contributed by atoms with Gasteiger partial charge in [0, 0.05) is 51.1 Å². The smallest absolute Gasteiger partial charge is 0.354 e. The average molecular weight is 430 g/mol. The van der Waals surface area contributed by atoms with Crippen molar-refractivity contribution in [1.82, 2.24) is 9.55 Å². The van der Waals surface area contributed by atoms with E-state index in [4.69, 9.17) is 11.1 Å². The maximum absolute atomic E-state index is 13.7. The Hall–Kier alpha value is -4.00. The highest BCUT2D eigenvalue weighted by atomic mass is 19.1. The number of anilines is 1. The molecule has 0 aliphatic heterocycles. The number of carboxylic acid groups (broad SMARTS) is 1. The van der Waals surface area contributed by atoms with E-state index in [0.717, 1.165) is 33.4 Å². The van der Waals surface area contributed by atoms with E-state index < -0.39 is 5.97 Å². The van der Waals surface area contributed by atoms with E-state index in [9.17, 15) is 14.3 Å². The molecule has 162 valence electrons. The number of nitrogens with one attached hydrogen (secondary N) is 1. The minimum Gasteiger partial charge on any atom is -0.477 e. The average Bonchev–Trinajstić information content (AvgIpc) is 3.07. The summed E-state index contributed by atoms with van der Waals surface area (Å²) in [6.07, 6.45) is 1.21. The third kappa shape index (κ3) is 3.41. The number of aromatic nitrogens is 2. The van der Waals surface area contributed by atoms with Gasteiger partial charge >= 0.3 is 5.97 Å². The van der Waals surface area contributed by atoms with E-state index in [2.05, 4.69) is 18.8 Å². The number of nitrogen functional groups attached to an aromatic ring is 1. The van der Waals surface area contributed by atoms with Crippen molar-refractivity contribution >= 4 is 28.8 Å². The summed E-state index contributed by atoms with van der Waals surface area (Å²) in [7, 11) is 0. The lowest BCUT2D eigenvalue weighted by molar-refractivity contribution is 0.0690. The van der Waals surface area contributed by atoms with Crippen LogP contribution in [0.5, 0.6) is 0 Å². The Morgan fingerprint density at radius 1 is 1.19 bits per heavy atom. The highest BCUT2D eigenvalue weighted by Crippen LogP contribution is 2.42. The number of rotatable bonds is 5. The Kier molecular flexibility index (Phi) is 5.26. The number of nitrogens with zero attached hydrogens (tertiary/aromatic N) is 2. The molecule has 0 spiro atoms.